The van der Waals surface area contributed by atoms with Gasteiger partial charge in [-0.15, -0.1) is 0 Å². The quantitative estimate of drug-likeness (QED) is 0.493. The number of aromatic nitrogens is 3. The summed E-state index contributed by atoms with van der Waals surface area (Å²) in [5.74, 6) is 1.11. The lowest BCUT2D eigenvalue weighted by Gasteiger charge is -2.19. The van der Waals surface area contributed by atoms with Crippen LogP contribution in [0.1, 0.15) is 43.2 Å². The van der Waals surface area contributed by atoms with E-state index in [2.05, 4.69) is 70.7 Å². The molecule has 150 valence electrons. The Morgan fingerprint density at radius 2 is 1.79 bits per heavy atom. The number of aryl methyl sites for hydroxylation is 1. The molecule has 0 bridgehead atoms. The highest BCUT2D eigenvalue weighted by Crippen LogP contribution is 2.22. The van der Waals surface area contributed by atoms with E-state index in [0.717, 1.165) is 16.9 Å². The third-order valence-electron chi connectivity index (χ3n) is 4.36. The van der Waals surface area contributed by atoms with Crippen LogP contribution in [0.3, 0.4) is 0 Å². The maximum absolute atomic E-state index is 11.2. The van der Waals surface area contributed by atoms with E-state index in [1.165, 1.54) is 5.56 Å². The first-order chi connectivity index (χ1) is 13.8. The second-order valence-corrected chi connectivity index (χ2v) is 7.75. The maximum atomic E-state index is 11.2. The molecule has 0 spiro atoms. The zero-order chi connectivity index (χ0) is 20.9. The predicted molar refractivity (Wildman–Crippen MR) is 115 cm³/mol. The molecule has 0 aliphatic carbocycles. The molecular formula is C22H25N5O2. The van der Waals surface area contributed by atoms with E-state index >= 15 is 0 Å². The van der Waals surface area contributed by atoms with Crippen molar-refractivity contribution in [2.75, 3.05) is 5.43 Å². The molecule has 7 nitrogen and oxygen atoms in total. The van der Waals surface area contributed by atoms with Gasteiger partial charge in [0.05, 0.1) is 6.21 Å². The molecule has 0 radical (unpaired) electrons. The number of benzene rings is 2. The molecule has 1 heterocycles. The van der Waals surface area contributed by atoms with Crippen LogP contribution in [0, 0.1) is 6.92 Å². The molecule has 0 atom stereocenters. The Kier molecular flexibility index (Phi) is 6.07. The van der Waals surface area contributed by atoms with Gasteiger partial charge in [-0.3, -0.25) is 5.43 Å². The average Bonchev–Trinajstić information content (AvgIpc) is 2.69. The van der Waals surface area contributed by atoms with Crippen LogP contribution >= 0.6 is 0 Å². The van der Waals surface area contributed by atoms with Crippen molar-refractivity contribution in [3.63, 3.8) is 0 Å². The number of hydrogen-bond acceptors (Lipinski definition) is 6. The van der Waals surface area contributed by atoms with Crippen molar-refractivity contribution in [1.82, 2.24) is 15.2 Å². The van der Waals surface area contributed by atoms with Crippen molar-refractivity contribution in [3.8, 4) is 5.75 Å². The molecule has 0 saturated carbocycles. The Morgan fingerprint density at radius 1 is 1.10 bits per heavy atom. The summed E-state index contributed by atoms with van der Waals surface area (Å²) in [7, 11) is 0. The molecule has 0 unspecified atom stereocenters. The van der Waals surface area contributed by atoms with Crippen molar-refractivity contribution in [1.29, 1.82) is 0 Å². The molecular weight excluding hydrogens is 366 g/mol. The van der Waals surface area contributed by atoms with Crippen molar-refractivity contribution in [3.05, 3.63) is 81.4 Å². The van der Waals surface area contributed by atoms with Gasteiger partial charge in [0.15, 0.2) is 5.82 Å². The fraction of sp³-hybridized carbons (Fsp3) is 0.273. The molecule has 1 aromatic heterocycles. The largest absolute Gasteiger partial charge is 0.489 e. The number of anilines is 1. The highest BCUT2D eigenvalue weighted by atomic mass is 16.5. The van der Waals surface area contributed by atoms with Crippen LogP contribution < -0.4 is 15.9 Å². The molecule has 0 amide bonds. The third-order valence-corrected chi connectivity index (χ3v) is 4.36. The first-order valence-corrected chi connectivity index (χ1v) is 9.36. The number of hydrogen-bond donors (Lipinski definition) is 2. The molecule has 3 rings (SSSR count). The van der Waals surface area contributed by atoms with Gasteiger partial charge in [0.2, 0.25) is 0 Å². The van der Waals surface area contributed by atoms with Crippen LogP contribution in [-0.4, -0.2) is 21.4 Å². The molecule has 2 N–H and O–H groups in total. The smallest absolute Gasteiger partial charge is 0.363 e. The van der Waals surface area contributed by atoms with Crippen molar-refractivity contribution < 1.29 is 4.74 Å². The van der Waals surface area contributed by atoms with Crippen molar-refractivity contribution >= 4 is 12.0 Å². The summed E-state index contributed by atoms with van der Waals surface area (Å²) in [6.07, 6.45) is 1.64. The van der Waals surface area contributed by atoms with E-state index in [4.69, 9.17) is 4.74 Å². The van der Waals surface area contributed by atoms with Crippen LogP contribution in [0.5, 0.6) is 5.75 Å². The van der Waals surface area contributed by atoms with Gasteiger partial charge in [0, 0.05) is 0 Å². The predicted octanol–water partition coefficient (Wildman–Crippen LogP) is 3.80. The monoisotopic (exact) mass is 391 g/mol. The fourth-order valence-corrected chi connectivity index (χ4v) is 2.58. The second-order valence-electron chi connectivity index (χ2n) is 7.75. The topological polar surface area (TPSA) is 92.3 Å². The van der Waals surface area contributed by atoms with Gasteiger partial charge >= 0.3 is 5.69 Å². The van der Waals surface area contributed by atoms with Crippen molar-refractivity contribution in [2.24, 2.45) is 5.10 Å². The number of H-pyrrole nitrogens is 1. The Bertz CT molecular complexity index is 1030. The van der Waals surface area contributed by atoms with E-state index in [-0.39, 0.29) is 5.41 Å². The molecule has 2 aromatic carbocycles. The Hall–Kier alpha value is -3.48. The summed E-state index contributed by atoms with van der Waals surface area (Å²) in [4.78, 5) is 15.0. The zero-order valence-electron chi connectivity index (χ0n) is 17.1. The summed E-state index contributed by atoms with van der Waals surface area (Å²) in [6.45, 7) is 8.84. The van der Waals surface area contributed by atoms with Gasteiger partial charge in [-0.2, -0.15) is 15.2 Å². The Labute approximate surface area is 169 Å². The van der Waals surface area contributed by atoms with E-state index in [9.17, 15) is 4.79 Å². The van der Waals surface area contributed by atoms with E-state index in [0.29, 0.717) is 18.1 Å². The van der Waals surface area contributed by atoms with Crippen LogP contribution in [0.15, 0.2) is 58.4 Å². The lowest BCUT2D eigenvalue weighted by Crippen LogP contribution is -2.15. The molecule has 7 heteroatoms. The molecule has 29 heavy (non-hydrogen) atoms. The summed E-state index contributed by atoms with van der Waals surface area (Å²) >= 11 is 0. The third kappa shape index (κ3) is 5.75. The van der Waals surface area contributed by atoms with Crippen LogP contribution in [0.2, 0.25) is 0 Å². The second kappa shape index (κ2) is 8.68. The summed E-state index contributed by atoms with van der Waals surface area (Å²) in [5.41, 5.74) is 6.22. The van der Waals surface area contributed by atoms with E-state index in [1.54, 1.807) is 13.1 Å². The number of hydrazone groups is 1. The lowest BCUT2D eigenvalue weighted by atomic mass is 9.87. The minimum Gasteiger partial charge on any atom is -0.489 e. The standard InChI is InChI=1S/C22H25N5O2/c1-15-20(24-21(28)27-25-15)26-23-13-16-7-11-19(12-8-16)29-14-17-5-9-18(10-6-17)22(2,3)4/h5-13H,14H2,1-4H3,(H2,24,26,27,28)/b23-13+. The van der Waals surface area contributed by atoms with Gasteiger partial charge in [-0.05, 0) is 53.3 Å². The minimum atomic E-state index is -0.525. The summed E-state index contributed by atoms with van der Waals surface area (Å²) < 4.78 is 5.86. The van der Waals surface area contributed by atoms with Crippen molar-refractivity contribution in [2.45, 2.75) is 39.7 Å². The van der Waals surface area contributed by atoms with Gasteiger partial charge in [0.25, 0.3) is 0 Å². The minimum absolute atomic E-state index is 0.146. The van der Waals surface area contributed by atoms with Gasteiger partial charge in [-0.1, -0.05) is 45.0 Å². The summed E-state index contributed by atoms with van der Waals surface area (Å²) in [6, 6.07) is 16.1. The van der Waals surface area contributed by atoms with Gasteiger partial charge in [-0.25, -0.2) is 9.89 Å². The highest BCUT2D eigenvalue weighted by Gasteiger charge is 2.12. The lowest BCUT2D eigenvalue weighted by molar-refractivity contribution is 0.306. The Morgan fingerprint density at radius 3 is 2.45 bits per heavy atom. The SMILES string of the molecule is Cc1n[nH]c(=O)nc1N/N=C/c1ccc(OCc2ccc(C(C)(C)C)cc2)cc1. The maximum Gasteiger partial charge on any atom is 0.363 e. The first kappa shape index (κ1) is 20.3. The van der Waals surface area contributed by atoms with Crippen LogP contribution in [-0.2, 0) is 12.0 Å². The molecule has 0 saturated heterocycles. The normalized spacial score (nSPS) is 11.6. The van der Waals surface area contributed by atoms with E-state index < -0.39 is 5.69 Å². The molecule has 0 fully saturated rings. The molecule has 0 aliphatic rings. The number of nitrogens with one attached hydrogen (secondary N) is 2. The number of aromatic amines is 1. The molecule has 3 aromatic rings. The zero-order valence-corrected chi connectivity index (χ0v) is 17.1. The van der Waals surface area contributed by atoms with Crippen LogP contribution in [0.25, 0.3) is 0 Å². The number of ether oxygens (including phenoxy) is 1. The molecule has 0 aliphatic heterocycles. The number of rotatable bonds is 6. The first-order valence-electron chi connectivity index (χ1n) is 9.36. The van der Waals surface area contributed by atoms with Gasteiger partial charge in [0.1, 0.15) is 18.1 Å². The highest BCUT2D eigenvalue weighted by molar-refractivity contribution is 5.80. The van der Waals surface area contributed by atoms with Crippen LogP contribution in [0.4, 0.5) is 5.82 Å². The fourth-order valence-electron chi connectivity index (χ4n) is 2.58. The van der Waals surface area contributed by atoms with Gasteiger partial charge < -0.3 is 4.74 Å². The average molecular weight is 391 g/mol. The number of nitrogens with zero attached hydrogens (tertiary/aromatic N) is 3. The Balaban J connectivity index is 1.54. The van der Waals surface area contributed by atoms with E-state index in [1.807, 2.05) is 24.3 Å². The summed E-state index contributed by atoms with van der Waals surface area (Å²) in [5, 5.41) is 10.2.